The molecule has 1 aromatic carbocycles. The number of rotatable bonds is 2. The summed E-state index contributed by atoms with van der Waals surface area (Å²) >= 11 is 0. The molecule has 3 N–H and O–H groups in total. The highest BCUT2D eigenvalue weighted by atomic mass is 19.1. The maximum atomic E-state index is 13.3. The number of hydrogen-bond acceptors (Lipinski definition) is 3. The van der Waals surface area contributed by atoms with E-state index in [9.17, 15) is 14.3 Å². The van der Waals surface area contributed by atoms with Crippen molar-refractivity contribution < 1.29 is 14.3 Å². The molecule has 1 aliphatic carbocycles. The zero-order chi connectivity index (χ0) is 14.1. The first-order valence-corrected chi connectivity index (χ1v) is 6.76. The minimum absolute atomic E-state index is 0.0474. The Labute approximate surface area is 115 Å². The van der Waals surface area contributed by atoms with Gasteiger partial charge in [0.25, 0.3) is 5.91 Å². The van der Waals surface area contributed by atoms with Crippen LogP contribution in [0.1, 0.15) is 36.2 Å². The highest BCUT2D eigenvalue weighted by molar-refractivity contribution is 6.04. The van der Waals surface area contributed by atoms with E-state index in [1.165, 1.54) is 12.1 Å². The molecular formula is C14H16FN3O2. The molecule has 1 saturated carbocycles. The third kappa shape index (κ3) is 2.51. The Kier molecular flexibility index (Phi) is 3.40. The average Bonchev–Trinajstić information content (AvgIpc) is 2.84. The lowest BCUT2D eigenvalue weighted by atomic mass is 9.93. The van der Waals surface area contributed by atoms with Crippen LogP contribution in [-0.2, 0) is 0 Å². The SMILES string of the molecule is O=C(NC1CCC(O)CC1)c1n[nH]c2ccc(F)cc12. The zero-order valence-electron chi connectivity index (χ0n) is 10.9. The first kappa shape index (κ1) is 13.1. The van der Waals surface area contributed by atoms with Crippen molar-refractivity contribution in [1.82, 2.24) is 15.5 Å². The smallest absolute Gasteiger partial charge is 0.272 e. The number of carbonyl (C=O) groups is 1. The Balaban J connectivity index is 1.77. The lowest BCUT2D eigenvalue weighted by molar-refractivity contribution is 0.0864. The topological polar surface area (TPSA) is 78.0 Å². The summed E-state index contributed by atoms with van der Waals surface area (Å²) in [5, 5.41) is 19.5. The molecule has 1 amide bonds. The third-order valence-corrected chi connectivity index (χ3v) is 3.77. The summed E-state index contributed by atoms with van der Waals surface area (Å²) in [6.07, 6.45) is 2.64. The summed E-state index contributed by atoms with van der Waals surface area (Å²) in [6, 6.07) is 4.24. The van der Waals surface area contributed by atoms with Gasteiger partial charge in [0.15, 0.2) is 5.69 Å². The van der Waals surface area contributed by atoms with Gasteiger partial charge in [-0.05, 0) is 43.9 Å². The molecule has 5 nitrogen and oxygen atoms in total. The molecule has 1 heterocycles. The number of H-pyrrole nitrogens is 1. The Hall–Kier alpha value is -1.95. The van der Waals surface area contributed by atoms with Crippen LogP contribution in [-0.4, -0.2) is 33.4 Å². The average molecular weight is 277 g/mol. The second kappa shape index (κ2) is 5.20. The van der Waals surface area contributed by atoms with Crippen LogP contribution in [0.5, 0.6) is 0 Å². The van der Waals surface area contributed by atoms with Crippen LogP contribution < -0.4 is 5.32 Å². The van der Waals surface area contributed by atoms with Gasteiger partial charge in [0.2, 0.25) is 0 Å². The molecule has 0 atom stereocenters. The number of aliphatic hydroxyl groups excluding tert-OH is 1. The van der Waals surface area contributed by atoms with Crippen molar-refractivity contribution in [1.29, 1.82) is 0 Å². The fraction of sp³-hybridized carbons (Fsp3) is 0.429. The molecule has 3 rings (SSSR count). The summed E-state index contributed by atoms with van der Waals surface area (Å²) in [5.74, 6) is -0.697. The molecule has 0 unspecified atom stereocenters. The van der Waals surface area contributed by atoms with Crippen molar-refractivity contribution in [2.24, 2.45) is 0 Å². The van der Waals surface area contributed by atoms with Gasteiger partial charge in [-0.15, -0.1) is 0 Å². The molecule has 0 radical (unpaired) electrons. The lowest BCUT2D eigenvalue weighted by Crippen LogP contribution is -2.38. The van der Waals surface area contributed by atoms with E-state index in [4.69, 9.17) is 0 Å². The molecule has 1 aliphatic rings. The molecule has 20 heavy (non-hydrogen) atoms. The second-order valence-corrected chi connectivity index (χ2v) is 5.24. The molecule has 0 bridgehead atoms. The van der Waals surface area contributed by atoms with E-state index in [0.717, 1.165) is 12.8 Å². The molecular weight excluding hydrogens is 261 g/mol. The lowest BCUT2D eigenvalue weighted by Gasteiger charge is -2.25. The molecule has 1 fully saturated rings. The first-order chi connectivity index (χ1) is 9.63. The number of benzene rings is 1. The number of amides is 1. The van der Waals surface area contributed by atoms with Gasteiger partial charge < -0.3 is 10.4 Å². The van der Waals surface area contributed by atoms with E-state index in [0.29, 0.717) is 23.7 Å². The number of nitrogens with one attached hydrogen (secondary N) is 2. The van der Waals surface area contributed by atoms with Gasteiger partial charge in [-0.1, -0.05) is 0 Å². The van der Waals surface area contributed by atoms with Crippen LogP contribution >= 0.6 is 0 Å². The van der Waals surface area contributed by atoms with Gasteiger partial charge in [-0.3, -0.25) is 9.89 Å². The fourth-order valence-corrected chi connectivity index (χ4v) is 2.63. The van der Waals surface area contributed by atoms with Crippen molar-refractivity contribution >= 4 is 16.8 Å². The Morgan fingerprint density at radius 2 is 2.10 bits per heavy atom. The summed E-state index contributed by atoms with van der Waals surface area (Å²) in [7, 11) is 0. The van der Waals surface area contributed by atoms with Crippen LogP contribution in [0, 0.1) is 5.82 Å². The number of carbonyl (C=O) groups excluding carboxylic acids is 1. The maximum absolute atomic E-state index is 13.3. The molecule has 0 saturated heterocycles. The van der Waals surface area contributed by atoms with E-state index >= 15 is 0 Å². The number of fused-ring (bicyclic) bond motifs is 1. The molecule has 106 valence electrons. The van der Waals surface area contributed by atoms with Crippen molar-refractivity contribution in [2.45, 2.75) is 37.8 Å². The predicted octanol–water partition coefficient (Wildman–Crippen LogP) is 1.74. The minimum atomic E-state index is -0.395. The van der Waals surface area contributed by atoms with Gasteiger partial charge >= 0.3 is 0 Å². The Morgan fingerprint density at radius 3 is 2.85 bits per heavy atom. The number of halogens is 1. The number of aliphatic hydroxyl groups is 1. The van der Waals surface area contributed by atoms with Crippen molar-refractivity contribution in [3.8, 4) is 0 Å². The van der Waals surface area contributed by atoms with E-state index in [2.05, 4.69) is 15.5 Å². The van der Waals surface area contributed by atoms with Crippen molar-refractivity contribution in [3.63, 3.8) is 0 Å². The van der Waals surface area contributed by atoms with E-state index in [1.807, 2.05) is 0 Å². The molecule has 0 aliphatic heterocycles. The first-order valence-electron chi connectivity index (χ1n) is 6.76. The Morgan fingerprint density at radius 1 is 1.35 bits per heavy atom. The normalized spacial score (nSPS) is 22.9. The van der Waals surface area contributed by atoms with Gasteiger partial charge in [0, 0.05) is 11.4 Å². The number of nitrogens with zero attached hydrogens (tertiary/aromatic N) is 1. The monoisotopic (exact) mass is 277 g/mol. The second-order valence-electron chi connectivity index (χ2n) is 5.24. The van der Waals surface area contributed by atoms with E-state index in [1.54, 1.807) is 6.07 Å². The van der Waals surface area contributed by atoms with Crippen LogP contribution in [0.25, 0.3) is 10.9 Å². The van der Waals surface area contributed by atoms with E-state index in [-0.39, 0.29) is 23.7 Å². The van der Waals surface area contributed by atoms with Gasteiger partial charge in [0.1, 0.15) is 5.82 Å². The number of hydrogen-bond donors (Lipinski definition) is 3. The standard InChI is InChI=1S/C14H16FN3O2/c15-8-1-6-12-11(7-8)13(18-17-12)14(20)16-9-2-4-10(19)5-3-9/h1,6-7,9-10,19H,2-5H2,(H,16,20)(H,17,18). The zero-order valence-corrected chi connectivity index (χ0v) is 10.9. The van der Waals surface area contributed by atoms with Gasteiger partial charge in [-0.2, -0.15) is 5.10 Å². The predicted molar refractivity (Wildman–Crippen MR) is 71.8 cm³/mol. The summed E-state index contributed by atoms with van der Waals surface area (Å²) in [5.41, 5.74) is 0.848. The van der Waals surface area contributed by atoms with Crippen LogP contribution in [0.4, 0.5) is 4.39 Å². The molecule has 6 heteroatoms. The molecule has 2 aromatic rings. The van der Waals surface area contributed by atoms with Crippen LogP contribution in [0.3, 0.4) is 0 Å². The van der Waals surface area contributed by atoms with Gasteiger partial charge in [0.05, 0.1) is 11.6 Å². The Bertz CT molecular complexity index is 632. The highest BCUT2D eigenvalue weighted by Gasteiger charge is 2.23. The van der Waals surface area contributed by atoms with Crippen molar-refractivity contribution in [3.05, 3.63) is 29.7 Å². The minimum Gasteiger partial charge on any atom is -0.393 e. The number of aromatic nitrogens is 2. The maximum Gasteiger partial charge on any atom is 0.272 e. The number of aromatic amines is 1. The van der Waals surface area contributed by atoms with Gasteiger partial charge in [-0.25, -0.2) is 4.39 Å². The summed E-state index contributed by atoms with van der Waals surface area (Å²) in [4.78, 5) is 12.2. The van der Waals surface area contributed by atoms with Crippen molar-refractivity contribution in [2.75, 3.05) is 0 Å². The highest BCUT2D eigenvalue weighted by Crippen LogP contribution is 2.20. The molecule has 1 aromatic heterocycles. The van der Waals surface area contributed by atoms with Crippen LogP contribution in [0.2, 0.25) is 0 Å². The summed E-state index contributed by atoms with van der Waals surface area (Å²) < 4.78 is 13.3. The third-order valence-electron chi connectivity index (χ3n) is 3.77. The van der Waals surface area contributed by atoms with Crippen LogP contribution in [0.15, 0.2) is 18.2 Å². The quantitative estimate of drug-likeness (QED) is 0.782. The largest absolute Gasteiger partial charge is 0.393 e. The van der Waals surface area contributed by atoms with E-state index < -0.39 is 5.82 Å². The molecule has 0 spiro atoms. The summed E-state index contributed by atoms with van der Waals surface area (Å²) in [6.45, 7) is 0. The fourth-order valence-electron chi connectivity index (χ4n) is 2.63.